The van der Waals surface area contributed by atoms with E-state index >= 15 is 0 Å². The van der Waals surface area contributed by atoms with E-state index in [-0.39, 0.29) is 5.92 Å². The zero-order valence-electron chi connectivity index (χ0n) is 11.5. The van der Waals surface area contributed by atoms with Gasteiger partial charge in [0.1, 0.15) is 0 Å². The van der Waals surface area contributed by atoms with E-state index in [0.717, 1.165) is 24.1 Å². The van der Waals surface area contributed by atoms with E-state index in [1.165, 1.54) is 0 Å². The average molecular weight is 290 g/mol. The van der Waals surface area contributed by atoms with Crippen LogP contribution >= 0.6 is 11.6 Å². The van der Waals surface area contributed by atoms with E-state index < -0.39 is 5.97 Å². The topological polar surface area (TPSA) is 50.2 Å². The first-order valence-corrected chi connectivity index (χ1v) is 7.22. The second-order valence-electron chi connectivity index (χ2n) is 5.62. The molecule has 0 amide bonds. The maximum atomic E-state index is 11.7. The van der Waals surface area contributed by atoms with Crippen LogP contribution in [-0.4, -0.2) is 16.1 Å². The Labute approximate surface area is 122 Å². The molecule has 0 saturated carbocycles. The third-order valence-electron chi connectivity index (χ3n) is 4.43. The lowest BCUT2D eigenvalue weighted by atomic mass is 9.78. The Balaban J connectivity index is 2.39. The van der Waals surface area contributed by atoms with Gasteiger partial charge in [-0.05, 0) is 36.5 Å². The molecule has 0 saturated heterocycles. The number of nitrogens with zero attached hydrogens (tertiary/aromatic N) is 1. The summed E-state index contributed by atoms with van der Waals surface area (Å²) in [6.07, 6.45) is 1.79. The van der Waals surface area contributed by atoms with Gasteiger partial charge >= 0.3 is 5.97 Å². The van der Waals surface area contributed by atoms with Gasteiger partial charge in [0.15, 0.2) is 0 Å². The molecular formula is C16H16ClNO2. The molecule has 3 nitrogen and oxygen atoms in total. The lowest BCUT2D eigenvalue weighted by Gasteiger charge is -2.29. The maximum Gasteiger partial charge on any atom is 0.336 e. The molecule has 4 heteroatoms. The Morgan fingerprint density at radius 3 is 2.85 bits per heavy atom. The van der Waals surface area contributed by atoms with Crippen LogP contribution in [0.15, 0.2) is 18.2 Å². The SMILES string of the molecule is CC1CCc2c(nc3cc(Cl)ccc3c2C(=O)O)C1C. The highest BCUT2D eigenvalue weighted by atomic mass is 35.5. The molecule has 1 N–H and O–H groups in total. The monoisotopic (exact) mass is 289 g/mol. The van der Waals surface area contributed by atoms with Crippen molar-refractivity contribution in [3.63, 3.8) is 0 Å². The number of rotatable bonds is 1. The molecule has 2 unspecified atom stereocenters. The van der Waals surface area contributed by atoms with Crippen molar-refractivity contribution in [3.8, 4) is 0 Å². The summed E-state index contributed by atoms with van der Waals surface area (Å²) in [5.41, 5.74) is 2.91. The molecular weight excluding hydrogens is 274 g/mol. The van der Waals surface area contributed by atoms with E-state index in [9.17, 15) is 9.90 Å². The van der Waals surface area contributed by atoms with Gasteiger partial charge in [-0.2, -0.15) is 0 Å². The molecule has 0 radical (unpaired) electrons. The van der Waals surface area contributed by atoms with Gasteiger partial charge in [0.2, 0.25) is 0 Å². The van der Waals surface area contributed by atoms with Crippen molar-refractivity contribution in [3.05, 3.63) is 40.0 Å². The van der Waals surface area contributed by atoms with Crippen LogP contribution in [0.5, 0.6) is 0 Å². The molecule has 1 aliphatic carbocycles. The molecule has 0 spiro atoms. The minimum absolute atomic E-state index is 0.278. The van der Waals surface area contributed by atoms with Crippen LogP contribution in [0.4, 0.5) is 0 Å². The van der Waals surface area contributed by atoms with Crippen LogP contribution in [-0.2, 0) is 6.42 Å². The Morgan fingerprint density at radius 2 is 2.15 bits per heavy atom. The number of pyridine rings is 1. The minimum Gasteiger partial charge on any atom is -0.478 e. The smallest absolute Gasteiger partial charge is 0.336 e. The van der Waals surface area contributed by atoms with Crippen molar-refractivity contribution in [1.82, 2.24) is 4.98 Å². The zero-order chi connectivity index (χ0) is 14.4. The Morgan fingerprint density at radius 1 is 1.40 bits per heavy atom. The number of fused-ring (bicyclic) bond motifs is 2. The van der Waals surface area contributed by atoms with E-state index in [2.05, 4.69) is 13.8 Å². The molecule has 1 aromatic carbocycles. The summed E-state index contributed by atoms with van der Waals surface area (Å²) >= 11 is 6.01. The van der Waals surface area contributed by atoms with Gasteiger partial charge in [-0.25, -0.2) is 4.79 Å². The number of carboxylic acids is 1. The zero-order valence-corrected chi connectivity index (χ0v) is 12.2. The molecule has 2 aromatic rings. The summed E-state index contributed by atoms with van der Waals surface area (Å²) in [7, 11) is 0. The lowest BCUT2D eigenvalue weighted by Crippen LogP contribution is -2.21. The van der Waals surface area contributed by atoms with Crippen molar-refractivity contribution >= 4 is 28.5 Å². The van der Waals surface area contributed by atoms with Crippen molar-refractivity contribution in [1.29, 1.82) is 0 Å². The van der Waals surface area contributed by atoms with Crippen molar-refractivity contribution in [2.24, 2.45) is 5.92 Å². The van der Waals surface area contributed by atoms with Gasteiger partial charge in [0.25, 0.3) is 0 Å². The van der Waals surface area contributed by atoms with Crippen LogP contribution in [0.1, 0.15) is 47.8 Å². The van der Waals surface area contributed by atoms with Gasteiger partial charge in [0, 0.05) is 22.0 Å². The minimum atomic E-state index is -0.877. The summed E-state index contributed by atoms with van der Waals surface area (Å²) in [5.74, 6) is -0.0776. The number of benzene rings is 1. The van der Waals surface area contributed by atoms with Gasteiger partial charge in [-0.3, -0.25) is 4.98 Å². The fourth-order valence-electron chi connectivity index (χ4n) is 3.06. The number of hydrogen-bond donors (Lipinski definition) is 1. The van der Waals surface area contributed by atoms with E-state index in [1.54, 1.807) is 18.2 Å². The van der Waals surface area contributed by atoms with E-state index in [0.29, 0.717) is 27.4 Å². The summed E-state index contributed by atoms with van der Waals surface area (Å²) in [5, 5.41) is 10.9. The highest BCUT2D eigenvalue weighted by Gasteiger charge is 2.29. The highest BCUT2D eigenvalue weighted by Crippen LogP contribution is 2.38. The highest BCUT2D eigenvalue weighted by molar-refractivity contribution is 6.31. The van der Waals surface area contributed by atoms with Gasteiger partial charge in [-0.15, -0.1) is 0 Å². The first-order valence-electron chi connectivity index (χ1n) is 6.84. The van der Waals surface area contributed by atoms with Crippen molar-refractivity contribution in [2.45, 2.75) is 32.6 Å². The standard InChI is InChI=1S/C16H16ClNO2/c1-8-3-5-12-14(16(19)20)11-6-4-10(17)7-13(11)18-15(12)9(8)2/h4,6-9H,3,5H2,1-2H3,(H,19,20). The van der Waals surface area contributed by atoms with Crippen LogP contribution < -0.4 is 0 Å². The Hall–Kier alpha value is -1.61. The van der Waals surface area contributed by atoms with Crippen molar-refractivity contribution in [2.75, 3.05) is 0 Å². The van der Waals surface area contributed by atoms with Gasteiger partial charge in [-0.1, -0.05) is 31.5 Å². The number of hydrogen-bond acceptors (Lipinski definition) is 2. The maximum absolute atomic E-state index is 11.7. The second kappa shape index (κ2) is 4.74. The van der Waals surface area contributed by atoms with E-state index in [4.69, 9.17) is 16.6 Å². The molecule has 104 valence electrons. The summed E-state index contributed by atoms with van der Waals surface area (Å²) in [6, 6.07) is 5.23. The molecule has 3 rings (SSSR count). The summed E-state index contributed by atoms with van der Waals surface area (Å²) < 4.78 is 0. The first kappa shape index (κ1) is 13.4. The van der Waals surface area contributed by atoms with Crippen LogP contribution in [0.25, 0.3) is 10.9 Å². The number of aromatic carboxylic acids is 1. The van der Waals surface area contributed by atoms with Crippen molar-refractivity contribution < 1.29 is 9.90 Å². The second-order valence-corrected chi connectivity index (χ2v) is 6.06. The third kappa shape index (κ3) is 1.97. The Bertz CT molecular complexity index is 711. The third-order valence-corrected chi connectivity index (χ3v) is 4.66. The molecule has 1 aliphatic rings. The predicted octanol–water partition coefficient (Wildman–Crippen LogP) is 4.27. The predicted molar refractivity (Wildman–Crippen MR) is 79.6 cm³/mol. The van der Waals surface area contributed by atoms with E-state index in [1.807, 2.05) is 0 Å². The quantitative estimate of drug-likeness (QED) is 0.853. The molecule has 0 bridgehead atoms. The normalized spacial score (nSPS) is 21.8. The largest absolute Gasteiger partial charge is 0.478 e. The molecule has 1 heterocycles. The fraction of sp³-hybridized carbons (Fsp3) is 0.375. The Kier molecular flexibility index (Phi) is 3.17. The molecule has 1 aromatic heterocycles. The van der Waals surface area contributed by atoms with Crippen LogP contribution in [0, 0.1) is 5.92 Å². The number of carbonyl (C=O) groups is 1. The average Bonchev–Trinajstić information content (AvgIpc) is 2.40. The summed E-state index contributed by atoms with van der Waals surface area (Å²) in [4.78, 5) is 16.4. The van der Waals surface area contributed by atoms with Crippen LogP contribution in [0.2, 0.25) is 5.02 Å². The number of halogens is 1. The molecule has 0 aliphatic heterocycles. The van der Waals surface area contributed by atoms with Gasteiger partial charge < -0.3 is 5.11 Å². The number of carboxylic acid groups (broad SMARTS) is 1. The molecule has 20 heavy (non-hydrogen) atoms. The molecule has 0 fully saturated rings. The summed E-state index contributed by atoms with van der Waals surface area (Å²) in [6.45, 7) is 4.32. The molecule has 2 atom stereocenters. The number of aromatic nitrogens is 1. The van der Waals surface area contributed by atoms with Crippen LogP contribution in [0.3, 0.4) is 0 Å². The lowest BCUT2D eigenvalue weighted by molar-refractivity contribution is 0.0697. The van der Waals surface area contributed by atoms with Gasteiger partial charge in [0.05, 0.1) is 11.1 Å². The fourth-order valence-corrected chi connectivity index (χ4v) is 3.23. The first-order chi connectivity index (χ1) is 9.49.